The van der Waals surface area contributed by atoms with Crippen LogP contribution in [0.3, 0.4) is 0 Å². The monoisotopic (exact) mass is 266 g/mol. The van der Waals surface area contributed by atoms with Crippen molar-refractivity contribution in [2.45, 2.75) is 20.3 Å². The van der Waals surface area contributed by atoms with E-state index in [1.165, 1.54) is 0 Å². The lowest BCUT2D eigenvalue weighted by atomic mass is 10.1. The number of nitrogen functional groups attached to an aromatic ring is 1. The highest BCUT2D eigenvalue weighted by molar-refractivity contribution is 5.77. The van der Waals surface area contributed by atoms with Crippen LogP contribution in [-0.4, -0.2) is 26.2 Å². The molecule has 0 aliphatic carbocycles. The topological polar surface area (TPSA) is 73.6 Å². The SMILES string of the molecule is COc1ccc(N)cc1OCC(=O)NCCC(C)C. The Bertz CT molecular complexity index is 419. The molecule has 0 saturated carbocycles. The van der Waals surface area contributed by atoms with E-state index in [2.05, 4.69) is 19.2 Å². The number of nitrogens with two attached hydrogens (primary N) is 1. The molecule has 1 aromatic rings. The number of benzene rings is 1. The zero-order valence-electron chi connectivity index (χ0n) is 11.7. The Balaban J connectivity index is 2.43. The first-order chi connectivity index (χ1) is 9.02. The van der Waals surface area contributed by atoms with Crippen LogP contribution in [0.1, 0.15) is 20.3 Å². The molecular weight excluding hydrogens is 244 g/mol. The highest BCUT2D eigenvalue weighted by atomic mass is 16.5. The van der Waals surface area contributed by atoms with Gasteiger partial charge in [0.15, 0.2) is 18.1 Å². The number of carbonyl (C=O) groups excluding carboxylic acids is 1. The van der Waals surface area contributed by atoms with Gasteiger partial charge in [-0.25, -0.2) is 0 Å². The van der Waals surface area contributed by atoms with Gasteiger partial charge in [0.05, 0.1) is 7.11 Å². The molecule has 0 heterocycles. The minimum atomic E-state index is -0.148. The summed E-state index contributed by atoms with van der Waals surface area (Å²) in [6.07, 6.45) is 0.952. The molecule has 19 heavy (non-hydrogen) atoms. The van der Waals surface area contributed by atoms with Crippen molar-refractivity contribution in [2.24, 2.45) is 5.92 Å². The Morgan fingerprint density at radius 1 is 1.37 bits per heavy atom. The first-order valence-corrected chi connectivity index (χ1v) is 6.36. The number of carbonyl (C=O) groups is 1. The summed E-state index contributed by atoms with van der Waals surface area (Å²) >= 11 is 0. The number of rotatable bonds is 7. The maximum absolute atomic E-state index is 11.6. The van der Waals surface area contributed by atoms with Crippen LogP contribution in [-0.2, 0) is 4.79 Å². The minimum absolute atomic E-state index is 0.0437. The fraction of sp³-hybridized carbons (Fsp3) is 0.500. The van der Waals surface area contributed by atoms with E-state index in [4.69, 9.17) is 15.2 Å². The number of amides is 1. The second kappa shape index (κ2) is 7.51. The van der Waals surface area contributed by atoms with Gasteiger partial charge in [0.2, 0.25) is 0 Å². The first kappa shape index (κ1) is 15.1. The summed E-state index contributed by atoms with van der Waals surface area (Å²) in [5.74, 6) is 1.45. The summed E-state index contributed by atoms with van der Waals surface area (Å²) in [5.41, 5.74) is 6.23. The van der Waals surface area contributed by atoms with Gasteiger partial charge in [-0.3, -0.25) is 4.79 Å². The summed E-state index contributed by atoms with van der Waals surface area (Å²) < 4.78 is 10.5. The Morgan fingerprint density at radius 2 is 2.11 bits per heavy atom. The Morgan fingerprint density at radius 3 is 2.74 bits per heavy atom. The quantitative estimate of drug-likeness (QED) is 0.738. The number of hydrogen-bond acceptors (Lipinski definition) is 4. The molecule has 1 aromatic carbocycles. The van der Waals surface area contributed by atoms with E-state index < -0.39 is 0 Å². The third kappa shape index (κ3) is 5.50. The van der Waals surface area contributed by atoms with Gasteiger partial charge in [-0.05, 0) is 24.5 Å². The molecule has 0 saturated heterocycles. The molecule has 106 valence electrons. The largest absolute Gasteiger partial charge is 0.493 e. The summed E-state index contributed by atoms with van der Waals surface area (Å²) in [6.45, 7) is 4.84. The molecule has 0 aliphatic heterocycles. The van der Waals surface area contributed by atoms with E-state index >= 15 is 0 Å². The molecule has 0 radical (unpaired) electrons. The number of methoxy groups -OCH3 is 1. The molecule has 0 unspecified atom stereocenters. The van der Waals surface area contributed by atoms with Crippen LogP contribution >= 0.6 is 0 Å². The Kier molecular flexibility index (Phi) is 5.99. The van der Waals surface area contributed by atoms with Gasteiger partial charge in [0.1, 0.15) is 0 Å². The average Bonchev–Trinajstić information content (AvgIpc) is 2.36. The van der Waals surface area contributed by atoms with Crippen molar-refractivity contribution in [1.29, 1.82) is 0 Å². The van der Waals surface area contributed by atoms with Crippen molar-refractivity contribution in [3.05, 3.63) is 18.2 Å². The zero-order valence-corrected chi connectivity index (χ0v) is 11.7. The van der Waals surface area contributed by atoms with E-state index in [1.807, 2.05) is 0 Å². The van der Waals surface area contributed by atoms with Gasteiger partial charge >= 0.3 is 0 Å². The van der Waals surface area contributed by atoms with E-state index in [0.717, 1.165) is 6.42 Å². The summed E-state index contributed by atoms with van der Waals surface area (Å²) in [7, 11) is 1.54. The highest BCUT2D eigenvalue weighted by Crippen LogP contribution is 2.28. The van der Waals surface area contributed by atoms with Crippen molar-refractivity contribution >= 4 is 11.6 Å². The van der Waals surface area contributed by atoms with Crippen molar-refractivity contribution < 1.29 is 14.3 Å². The molecule has 0 aromatic heterocycles. The zero-order chi connectivity index (χ0) is 14.3. The van der Waals surface area contributed by atoms with Crippen LogP contribution in [0.2, 0.25) is 0 Å². The number of ether oxygens (including phenoxy) is 2. The lowest BCUT2D eigenvalue weighted by Crippen LogP contribution is -2.30. The molecule has 0 atom stereocenters. The molecule has 3 N–H and O–H groups in total. The second-order valence-corrected chi connectivity index (χ2v) is 4.73. The molecule has 5 heteroatoms. The van der Waals surface area contributed by atoms with Gasteiger partial charge in [-0.2, -0.15) is 0 Å². The summed E-state index contributed by atoms with van der Waals surface area (Å²) in [5, 5.41) is 2.80. The van der Waals surface area contributed by atoms with Crippen molar-refractivity contribution in [3.63, 3.8) is 0 Å². The van der Waals surface area contributed by atoms with Gasteiger partial charge in [-0.15, -0.1) is 0 Å². The van der Waals surface area contributed by atoms with Crippen LogP contribution in [0.15, 0.2) is 18.2 Å². The molecule has 1 rings (SSSR count). The summed E-state index contributed by atoms with van der Waals surface area (Å²) in [4.78, 5) is 11.6. The number of nitrogens with one attached hydrogen (secondary N) is 1. The Labute approximate surface area is 114 Å². The van der Waals surface area contributed by atoms with Gasteiger partial charge in [-0.1, -0.05) is 13.8 Å². The summed E-state index contributed by atoms with van der Waals surface area (Å²) in [6, 6.07) is 5.07. The second-order valence-electron chi connectivity index (χ2n) is 4.73. The lowest BCUT2D eigenvalue weighted by Gasteiger charge is -2.11. The van der Waals surface area contributed by atoms with E-state index in [-0.39, 0.29) is 12.5 Å². The Hall–Kier alpha value is -1.91. The van der Waals surface area contributed by atoms with Crippen molar-refractivity contribution in [2.75, 3.05) is 26.0 Å². The van der Waals surface area contributed by atoms with Crippen molar-refractivity contribution in [1.82, 2.24) is 5.32 Å². The third-order valence-corrected chi connectivity index (χ3v) is 2.59. The molecule has 0 spiro atoms. The number of hydrogen-bond donors (Lipinski definition) is 2. The average molecular weight is 266 g/mol. The van der Waals surface area contributed by atoms with Crippen LogP contribution in [0, 0.1) is 5.92 Å². The molecule has 1 amide bonds. The number of anilines is 1. The lowest BCUT2D eigenvalue weighted by molar-refractivity contribution is -0.123. The first-order valence-electron chi connectivity index (χ1n) is 6.36. The van der Waals surface area contributed by atoms with Crippen LogP contribution in [0.5, 0.6) is 11.5 Å². The van der Waals surface area contributed by atoms with E-state index in [1.54, 1.807) is 25.3 Å². The maximum Gasteiger partial charge on any atom is 0.257 e. The minimum Gasteiger partial charge on any atom is -0.493 e. The van der Waals surface area contributed by atoms with Crippen molar-refractivity contribution in [3.8, 4) is 11.5 Å². The van der Waals surface area contributed by atoms with E-state index in [0.29, 0.717) is 29.6 Å². The van der Waals surface area contributed by atoms with E-state index in [9.17, 15) is 4.79 Å². The predicted octanol–water partition coefficient (Wildman–Crippen LogP) is 1.82. The van der Waals surface area contributed by atoms with Crippen LogP contribution in [0.4, 0.5) is 5.69 Å². The smallest absolute Gasteiger partial charge is 0.257 e. The normalized spacial score (nSPS) is 10.3. The van der Waals surface area contributed by atoms with Gasteiger partial charge < -0.3 is 20.5 Å². The van der Waals surface area contributed by atoms with Crippen LogP contribution in [0.25, 0.3) is 0 Å². The predicted molar refractivity (Wildman–Crippen MR) is 75.4 cm³/mol. The molecular formula is C14H22N2O3. The molecule has 5 nitrogen and oxygen atoms in total. The van der Waals surface area contributed by atoms with Gasteiger partial charge in [0.25, 0.3) is 5.91 Å². The molecule has 0 fully saturated rings. The van der Waals surface area contributed by atoms with Crippen LogP contribution < -0.4 is 20.5 Å². The standard InChI is InChI=1S/C14H22N2O3/c1-10(2)6-7-16-14(17)9-19-13-8-11(15)4-5-12(13)18-3/h4-5,8,10H,6-7,9,15H2,1-3H3,(H,16,17). The van der Waals surface area contributed by atoms with Gasteiger partial charge in [0, 0.05) is 18.3 Å². The maximum atomic E-state index is 11.6. The molecule has 0 bridgehead atoms. The fourth-order valence-electron chi connectivity index (χ4n) is 1.50. The third-order valence-electron chi connectivity index (χ3n) is 2.59. The fourth-order valence-corrected chi connectivity index (χ4v) is 1.50. The highest BCUT2D eigenvalue weighted by Gasteiger charge is 2.08. The molecule has 0 aliphatic rings.